The highest BCUT2D eigenvalue weighted by molar-refractivity contribution is 5.80. The molecule has 2 fully saturated rings. The molecule has 9 nitrogen and oxygen atoms in total. The molecule has 9 heteroatoms. The number of nitrogens with zero attached hydrogens (tertiary/aromatic N) is 8. The van der Waals surface area contributed by atoms with Crippen LogP contribution in [0, 0.1) is 6.92 Å². The number of aromatic nitrogens is 4. The second kappa shape index (κ2) is 8.74. The third-order valence-electron chi connectivity index (χ3n) is 6.43. The summed E-state index contributed by atoms with van der Waals surface area (Å²) in [6.07, 6.45) is 1.75. The minimum absolute atomic E-state index is 0.129. The molecule has 0 N–H and O–H groups in total. The van der Waals surface area contributed by atoms with E-state index in [1.54, 1.807) is 6.33 Å². The first-order valence-electron chi connectivity index (χ1n) is 11.3. The van der Waals surface area contributed by atoms with Gasteiger partial charge in [0.2, 0.25) is 5.91 Å². The molecule has 1 amide bonds. The third-order valence-corrected chi connectivity index (χ3v) is 6.43. The van der Waals surface area contributed by atoms with Crippen LogP contribution >= 0.6 is 0 Å². The minimum Gasteiger partial charge on any atom is -0.354 e. The van der Waals surface area contributed by atoms with E-state index in [1.807, 2.05) is 40.7 Å². The van der Waals surface area contributed by atoms with Gasteiger partial charge in [0, 0.05) is 58.4 Å². The fourth-order valence-electron chi connectivity index (χ4n) is 4.46. The van der Waals surface area contributed by atoms with Gasteiger partial charge < -0.3 is 24.2 Å². The van der Waals surface area contributed by atoms with Gasteiger partial charge in [-0.1, -0.05) is 12.1 Å². The van der Waals surface area contributed by atoms with Gasteiger partial charge in [0.05, 0.1) is 17.4 Å². The number of hydrogen-bond donors (Lipinski definition) is 0. The number of para-hydroxylation sites is 2. The number of carbonyl (C=O) groups is 1. The summed E-state index contributed by atoms with van der Waals surface area (Å²) in [4.78, 5) is 35.6. The number of piperazine rings is 2. The van der Waals surface area contributed by atoms with Gasteiger partial charge in [-0.25, -0.2) is 15.0 Å². The Morgan fingerprint density at radius 2 is 1.53 bits per heavy atom. The molecule has 3 aromatic rings. The van der Waals surface area contributed by atoms with E-state index >= 15 is 0 Å². The van der Waals surface area contributed by atoms with E-state index in [-0.39, 0.29) is 5.91 Å². The molecule has 0 bridgehead atoms. The first-order chi connectivity index (χ1) is 15.6. The SMILES string of the molecule is Cc1nc(N2CCN(C)CC2)cc(N2CCN(C(=O)Cn3cnc4ccccc43)CC2)n1. The standard InChI is InChI=1S/C23H30N8O/c1-18-25-21(28-9-7-27(2)8-10-28)15-22(26-18)29-11-13-30(14-12-29)23(32)16-31-17-24-19-5-3-4-6-20(19)31/h3-6,15,17H,7-14,16H2,1-2H3. The van der Waals surface area contributed by atoms with E-state index in [2.05, 4.69) is 37.8 Å². The van der Waals surface area contributed by atoms with Crippen LogP contribution in [0.3, 0.4) is 0 Å². The average molecular weight is 435 g/mol. The topological polar surface area (TPSA) is 73.6 Å². The van der Waals surface area contributed by atoms with Crippen molar-refractivity contribution in [3.05, 3.63) is 42.5 Å². The predicted octanol–water partition coefficient (Wildman–Crippen LogP) is 1.24. The average Bonchev–Trinajstić information content (AvgIpc) is 3.22. The van der Waals surface area contributed by atoms with Gasteiger partial charge in [-0.15, -0.1) is 0 Å². The zero-order valence-electron chi connectivity index (χ0n) is 18.8. The number of aryl methyl sites for hydroxylation is 1. The molecule has 5 rings (SSSR count). The molecular formula is C23H30N8O. The van der Waals surface area contributed by atoms with Crippen molar-refractivity contribution in [3.8, 4) is 0 Å². The molecule has 32 heavy (non-hydrogen) atoms. The molecule has 2 saturated heterocycles. The molecular weight excluding hydrogens is 404 g/mol. The van der Waals surface area contributed by atoms with E-state index in [0.29, 0.717) is 19.6 Å². The number of fused-ring (bicyclic) bond motifs is 1. The van der Waals surface area contributed by atoms with Crippen LogP contribution in [-0.4, -0.2) is 94.6 Å². The smallest absolute Gasteiger partial charge is 0.242 e. The van der Waals surface area contributed by atoms with Crippen molar-refractivity contribution in [1.82, 2.24) is 29.3 Å². The molecule has 2 aliphatic rings. The Kier molecular flexibility index (Phi) is 5.65. The number of carbonyl (C=O) groups excluding carboxylic acids is 1. The zero-order chi connectivity index (χ0) is 22.1. The van der Waals surface area contributed by atoms with Gasteiger partial charge >= 0.3 is 0 Å². The van der Waals surface area contributed by atoms with Crippen molar-refractivity contribution >= 4 is 28.6 Å². The van der Waals surface area contributed by atoms with Gasteiger partial charge in [0.25, 0.3) is 0 Å². The summed E-state index contributed by atoms with van der Waals surface area (Å²) in [6.45, 7) is 9.27. The first kappa shape index (κ1) is 20.7. The molecule has 4 heterocycles. The number of anilines is 2. The molecule has 0 aliphatic carbocycles. The van der Waals surface area contributed by atoms with Crippen LogP contribution in [0.2, 0.25) is 0 Å². The second-order valence-corrected chi connectivity index (χ2v) is 8.65. The third kappa shape index (κ3) is 4.25. The largest absolute Gasteiger partial charge is 0.354 e. The minimum atomic E-state index is 0.129. The molecule has 0 spiro atoms. The lowest BCUT2D eigenvalue weighted by molar-refractivity contribution is -0.132. The predicted molar refractivity (Wildman–Crippen MR) is 125 cm³/mol. The fourth-order valence-corrected chi connectivity index (χ4v) is 4.46. The Hall–Kier alpha value is -3.20. The van der Waals surface area contributed by atoms with E-state index in [1.165, 1.54) is 0 Å². The Balaban J connectivity index is 1.22. The number of imidazole rings is 1. The maximum absolute atomic E-state index is 12.9. The van der Waals surface area contributed by atoms with E-state index in [9.17, 15) is 4.79 Å². The molecule has 0 unspecified atom stereocenters. The van der Waals surface area contributed by atoms with Crippen molar-refractivity contribution in [3.63, 3.8) is 0 Å². The van der Waals surface area contributed by atoms with Crippen LogP contribution in [-0.2, 0) is 11.3 Å². The molecule has 2 aliphatic heterocycles. The second-order valence-electron chi connectivity index (χ2n) is 8.65. The van der Waals surface area contributed by atoms with E-state index in [0.717, 1.165) is 67.8 Å². The molecule has 2 aromatic heterocycles. The molecule has 0 radical (unpaired) electrons. The highest BCUT2D eigenvalue weighted by atomic mass is 16.2. The van der Waals surface area contributed by atoms with Gasteiger partial charge in [-0.2, -0.15) is 0 Å². The Morgan fingerprint density at radius 1 is 0.906 bits per heavy atom. The van der Waals surface area contributed by atoms with Crippen LogP contribution in [0.1, 0.15) is 5.82 Å². The highest BCUT2D eigenvalue weighted by Crippen LogP contribution is 2.22. The van der Waals surface area contributed by atoms with Gasteiger partial charge in [0.15, 0.2) is 0 Å². The lowest BCUT2D eigenvalue weighted by Gasteiger charge is -2.37. The van der Waals surface area contributed by atoms with Crippen LogP contribution < -0.4 is 9.80 Å². The van der Waals surface area contributed by atoms with Crippen molar-refractivity contribution in [2.45, 2.75) is 13.5 Å². The number of hydrogen-bond acceptors (Lipinski definition) is 7. The summed E-state index contributed by atoms with van der Waals surface area (Å²) in [5.41, 5.74) is 1.91. The Labute approximate surface area is 188 Å². The van der Waals surface area contributed by atoms with Crippen molar-refractivity contribution in [2.75, 3.05) is 69.2 Å². The molecule has 1 aromatic carbocycles. The summed E-state index contributed by atoms with van der Waals surface area (Å²) in [6, 6.07) is 10.0. The van der Waals surface area contributed by atoms with Crippen molar-refractivity contribution < 1.29 is 4.79 Å². The summed E-state index contributed by atoms with van der Waals surface area (Å²) < 4.78 is 1.93. The normalized spacial score (nSPS) is 17.9. The van der Waals surface area contributed by atoms with Crippen molar-refractivity contribution in [1.29, 1.82) is 0 Å². The van der Waals surface area contributed by atoms with Gasteiger partial charge in [-0.3, -0.25) is 4.79 Å². The molecule has 168 valence electrons. The maximum atomic E-state index is 12.9. The number of benzene rings is 1. The summed E-state index contributed by atoms with van der Waals surface area (Å²) in [7, 11) is 2.16. The number of rotatable bonds is 4. The monoisotopic (exact) mass is 434 g/mol. The van der Waals surface area contributed by atoms with E-state index in [4.69, 9.17) is 4.98 Å². The van der Waals surface area contributed by atoms with Crippen molar-refractivity contribution in [2.24, 2.45) is 0 Å². The molecule has 0 atom stereocenters. The Morgan fingerprint density at radius 3 is 2.22 bits per heavy atom. The first-order valence-corrected chi connectivity index (χ1v) is 11.3. The quantitative estimate of drug-likeness (QED) is 0.612. The van der Waals surface area contributed by atoms with Crippen LogP contribution in [0.5, 0.6) is 0 Å². The highest BCUT2D eigenvalue weighted by Gasteiger charge is 2.24. The Bertz CT molecular complexity index is 1100. The zero-order valence-corrected chi connectivity index (χ0v) is 18.8. The summed E-state index contributed by atoms with van der Waals surface area (Å²) in [5, 5.41) is 0. The lowest BCUT2D eigenvalue weighted by Crippen LogP contribution is -2.50. The van der Waals surface area contributed by atoms with Gasteiger partial charge in [-0.05, 0) is 26.1 Å². The van der Waals surface area contributed by atoms with Crippen LogP contribution in [0.15, 0.2) is 36.7 Å². The number of amides is 1. The summed E-state index contributed by atoms with van der Waals surface area (Å²) >= 11 is 0. The lowest BCUT2D eigenvalue weighted by atomic mass is 10.2. The summed E-state index contributed by atoms with van der Waals surface area (Å²) in [5.74, 6) is 2.89. The molecule has 0 saturated carbocycles. The van der Waals surface area contributed by atoms with Crippen LogP contribution in [0.4, 0.5) is 11.6 Å². The number of likely N-dealkylation sites (N-methyl/N-ethyl adjacent to an activating group) is 1. The van der Waals surface area contributed by atoms with E-state index < -0.39 is 0 Å². The fraction of sp³-hybridized carbons (Fsp3) is 0.478. The van der Waals surface area contributed by atoms with Crippen LogP contribution in [0.25, 0.3) is 11.0 Å². The van der Waals surface area contributed by atoms with Gasteiger partial charge in [0.1, 0.15) is 24.0 Å². The maximum Gasteiger partial charge on any atom is 0.242 e.